The van der Waals surface area contributed by atoms with Crippen LogP contribution in [0.15, 0.2) is 24.3 Å². The van der Waals surface area contributed by atoms with E-state index in [0.29, 0.717) is 28.6 Å². The number of benzene rings is 1. The van der Waals surface area contributed by atoms with Crippen molar-refractivity contribution in [1.29, 1.82) is 0 Å². The average Bonchev–Trinajstić information content (AvgIpc) is 2.45. The second kappa shape index (κ2) is 5.56. The van der Waals surface area contributed by atoms with Crippen LogP contribution in [-0.2, 0) is 0 Å². The fraction of sp³-hybridized carbons (Fsp3) is 0.214. The molecule has 0 saturated heterocycles. The van der Waals surface area contributed by atoms with E-state index >= 15 is 0 Å². The van der Waals surface area contributed by atoms with E-state index < -0.39 is 5.97 Å². The normalized spacial score (nSPS) is 10.2. The Labute approximate surface area is 116 Å². The van der Waals surface area contributed by atoms with E-state index in [2.05, 4.69) is 9.97 Å². The summed E-state index contributed by atoms with van der Waals surface area (Å²) in [6, 6.07) is 6.66. The highest BCUT2D eigenvalue weighted by Gasteiger charge is 2.13. The number of hydrogen-bond donors (Lipinski definition) is 1. The summed E-state index contributed by atoms with van der Waals surface area (Å²) in [6.07, 6.45) is 0. The van der Waals surface area contributed by atoms with Crippen molar-refractivity contribution in [2.24, 2.45) is 0 Å². The monoisotopic (exact) mass is 274 g/mol. The standard InChI is InChI=1S/C14H14N2O4/c1-8-15-11(7-12(16-8)14(17)18)10-5-4-9(19-2)6-13(10)20-3/h4-7H,1-3H3,(H,17,18). The lowest BCUT2D eigenvalue weighted by molar-refractivity contribution is 0.0690. The van der Waals surface area contributed by atoms with E-state index in [1.54, 1.807) is 32.2 Å². The third-order valence-corrected chi connectivity index (χ3v) is 2.74. The van der Waals surface area contributed by atoms with Crippen LogP contribution in [0.5, 0.6) is 11.5 Å². The Hall–Kier alpha value is -2.63. The number of ether oxygens (including phenoxy) is 2. The molecule has 1 aromatic heterocycles. The van der Waals surface area contributed by atoms with Crippen molar-refractivity contribution in [3.63, 3.8) is 0 Å². The molecule has 1 N–H and O–H groups in total. The number of rotatable bonds is 4. The molecule has 0 aliphatic carbocycles. The molecule has 1 aromatic carbocycles. The van der Waals surface area contributed by atoms with Crippen LogP contribution in [0, 0.1) is 6.92 Å². The van der Waals surface area contributed by atoms with Crippen LogP contribution in [-0.4, -0.2) is 35.3 Å². The summed E-state index contributed by atoms with van der Waals surface area (Å²) >= 11 is 0. The van der Waals surface area contributed by atoms with Crippen molar-refractivity contribution in [2.75, 3.05) is 14.2 Å². The molecule has 0 saturated carbocycles. The van der Waals surface area contributed by atoms with Crippen molar-refractivity contribution in [3.8, 4) is 22.8 Å². The molecule has 0 bridgehead atoms. The number of methoxy groups -OCH3 is 2. The minimum absolute atomic E-state index is 0.0506. The van der Waals surface area contributed by atoms with Crippen LogP contribution >= 0.6 is 0 Å². The SMILES string of the molecule is COc1ccc(-c2cc(C(=O)O)nc(C)n2)c(OC)c1. The molecule has 0 spiro atoms. The highest BCUT2D eigenvalue weighted by Crippen LogP contribution is 2.32. The molecule has 2 rings (SSSR count). The lowest BCUT2D eigenvalue weighted by atomic mass is 10.1. The van der Waals surface area contributed by atoms with Gasteiger partial charge in [-0.05, 0) is 25.1 Å². The summed E-state index contributed by atoms with van der Waals surface area (Å²) in [7, 11) is 3.09. The van der Waals surface area contributed by atoms with E-state index in [-0.39, 0.29) is 5.69 Å². The molecule has 1 heterocycles. The van der Waals surface area contributed by atoms with Gasteiger partial charge in [0.1, 0.15) is 17.3 Å². The zero-order chi connectivity index (χ0) is 14.7. The zero-order valence-electron chi connectivity index (χ0n) is 11.4. The van der Waals surface area contributed by atoms with Gasteiger partial charge in [-0.1, -0.05) is 0 Å². The number of aromatic carboxylic acids is 1. The first kappa shape index (κ1) is 13.8. The van der Waals surface area contributed by atoms with E-state index in [9.17, 15) is 4.79 Å². The number of nitrogens with zero attached hydrogens (tertiary/aromatic N) is 2. The Morgan fingerprint density at radius 2 is 1.90 bits per heavy atom. The van der Waals surface area contributed by atoms with Crippen molar-refractivity contribution in [1.82, 2.24) is 9.97 Å². The van der Waals surface area contributed by atoms with Gasteiger partial charge >= 0.3 is 5.97 Å². The quantitative estimate of drug-likeness (QED) is 0.920. The largest absolute Gasteiger partial charge is 0.497 e. The summed E-state index contributed by atoms with van der Waals surface area (Å²) < 4.78 is 10.4. The third-order valence-electron chi connectivity index (χ3n) is 2.74. The summed E-state index contributed by atoms with van der Waals surface area (Å²) in [4.78, 5) is 19.2. The van der Waals surface area contributed by atoms with Gasteiger partial charge in [-0.2, -0.15) is 0 Å². The van der Waals surface area contributed by atoms with Crippen LogP contribution in [0.2, 0.25) is 0 Å². The van der Waals surface area contributed by atoms with E-state index in [1.807, 2.05) is 0 Å². The fourth-order valence-electron chi connectivity index (χ4n) is 1.83. The summed E-state index contributed by atoms with van der Waals surface area (Å²) in [5, 5.41) is 9.05. The Morgan fingerprint density at radius 1 is 1.15 bits per heavy atom. The fourth-order valence-corrected chi connectivity index (χ4v) is 1.83. The van der Waals surface area contributed by atoms with Gasteiger partial charge in [-0.15, -0.1) is 0 Å². The molecule has 2 aromatic rings. The second-order valence-corrected chi connectivity index (χ2v) is 4.06. The molecule has 104 valence electrons. The van der Waals surface area contributed by atoms with Gasteiger partial charge in [0.25, 0.3) is 0 Å². The lowest BCUT2D eigenvalue weighted by Gasteiger charge is -2.10. The van der Waals surface area contributed by atoms with Gasteiger partial charge in [0.05, 0.1) is 19.9 Å². The highest BCUT2D eigenvalue weighted by atomic mass is 16.5. The number of hydrogen-bond acceptors (Lipinski definition) is 5. The molecule has 20 heavy (non-hydrogen) atoms. The van der Waals surface area contributed by atoms with Crippen molar-refractivity contribution < 1.29 is 19.4 Å². The van der Waals surface area contributed by atoms with Gasteiger partial charge in [0, 0.05) is 11.6 Å². The van der Waals surface area contributed by atoms with Gasteiger partial charge in [-0.25, -0.2) is 14.8 Å². The topological polar surface area (TPSA) is 81.5 Å². The maximum absolute atomic E-state index is 11.1. The summed E-state index contributed by atoms with van der Waals surface area (Å²) in [5.74, 6) is 0.496. The molecule has 0 unspecified atom stereocenters. The van der Waals surface area contributed by atoms with Crippen molar-refractivity contribution in [2.45, 2.75) is 6.92 Å². The van der Waals surface area contributed by atoms with Crippen LogP contribution < -0.4 is 9.47 Å². The Bertz CT molecular complexity index is 656. The Kier molecular flexibility index (Phi) is 3.84. The van der Waals surface area contributed by atoms with E-state index in [1.165, 1.54) is 13.2 Å². The Morgan fingerprint density at radius 3 is 2.50 bits per heavy atom. The maximum Gasteiger partial charge on any atom is 0.354 e. The number of aromatic nitrogens is 2. The van der Waals surface area contributed by atoms with Gasteiger partial charge < -0.3 is 14.6 Å². The number of aryl methyl sites for hydroxylation is 1. The molecule has 0 fully saturated rings. The van der Waals surface area contributed by atoms with Gasteiger partial charge in [-0.3, -0.25) is 0 Å². The minimum atomic E-state index is -1.09. The van der Waals surface area contributed by atoms with E-state index in [0.717, 1.165) is 0 Å². The van der Waals surface area contributed by atoms with E-state index in [4.69, 9.17) is 14.6 Å². The molecule has 0 aliphatic heterocycles. The zero-order valence-corrected chi connectivity index (χ0v) is 11.4. The predicted molar refractivity (Wildman–Crippen MR) is 72.3 cm³/mol. The molecular formula is C14H14N2O4. The average molecular weight is 274 g/mol. The molecular weight excluding hydrogens is 260 g/mol. The third kappa shape index (κ3) is 2.69. The van der Waals surface area contributed by atoms with Crippen LogP contribution in [0.25, 0.3) is 11.3 Å². The van der Waals surface area contributed by atoms with Crippen LogP contribution in [0.4, 0.5) is 0 Å². The first-order valence-corrected chi connectivity index (χ1v) is 5.86. The second-order valence-electron chi connectivity index (χ2n) is 4.06. The Balaban J connectivity index is 2.58. The van der Waals surface area contributed by atoms with Crippen LogP contribution in [0.3, 0.4) is 0 Å². The summed E-state index contributed by atoms with van der Waals surface area (Å²) in [6.45, 7) is 1.64. The van der Waals surface area contributed by atoms with Gasteiger partial charge in [0.15, 0.2) is 5.69 Å². The van der Waals surface area contributed by atoms with Crippen molar-refractivity contribution >= 4 is 5.97 Å². The van der Waals surface area contributed by atoms with Crippen LogP contribution in [0.1, 0.15) is 16.3 Å². The smallest absolute Gasteiger partial charge is 0.354 e. The molecule has 0 aliphatic rings. The molecule has 6 heteroatoms. The molecule has 0 radical (unpaired) electrons. The first-order chi connectivity index (χ1) is 9.55. The number of carbonyl (C=O) groups is 1. The molecule has 0 atom stereocenters. The van der Waals surface area contributed by atoms with Gasteiger partial charge in [0.2, 0.25) is 0 Å². The maximum atomic E-state index is 11.1. The molecule has 0 amide bonds. The number of carboxylic acids is 1. The first-order valence-electron chi connectivity index (χ1n) is 5.86. The summed E-state index contributed by atoms with van der Waals surface area (Å²) in [5.41, 5.74) is 1.13. The lowest BCUT2D eigenvalue weighted by Crippen LogP contribution is -2.04. The molecule has 6 nitrogen and oxygen atoms in total. The highest BCUT2D eigenvalue weighted by molar-refractivity contribution is 5.87. The van der Waals surface area contributed by atoms with Crippen molar-refractivity contribution in [3.05, 3.63) is 35.8 Å². The number of carboxylic acid groups (broad SMARTS) is 1. The predicted octanol–water partition coefficient (Wildman–Crippen LogP) is 2.17. The minimum Gasteiger partial charge on any atom is -0.497 e.